The molecule has 1 atom stereocenters. The number of esters is 1. The van der Waals surface area contributed by atoms with Crippen LogP contribution in [0.1, 0.15) is 55.1 Å². The number of hydrogen-bond acceptors (Lipinski definition) is 5. The number of carbonyl (C=O) groups is 2. The van der Waals surface area contributed by atoms with Gasteiger partial charge < -0.3 is 19.2 Å². The van der Waals surface area contributed by atoms with E-state index in [0.29, 0.717) is 31.6 Å². The zero-order chi connectivity index (χ0) is 19.3. The van der Waals surface area contributed by atoms with E-state index in [4.69, 9.17) is 13.9 Å². The third kappa shape index (κ3) is 4.33. The number of aryl methyl sites for hydroxylation is 1. The molecule has 3 rings (SSSR count). The minimum atomic E-state index is -0.550. The van der Waals surface area contributed by atoms with E-state index < -0.39 is 5.54 Å². The van der Waals surface area contributed by atoms with Gasteiger partial charge in [0.15, 0.2) is 0 Å². The average Bonchev–Trinajstić information content (AvgIpc) is 3.28. The van der Waals surface area contributed by atoms with Gasteiger partial charge in [-0.05, 0) is 25.3 Å². The number of unbranched alkanes of at least 4 members (excludes halogenated alkanes) is 1. The van der Waals surface area contributed by atoms with E-state index in [-0.39, 0.29) is 18.3 Å². The average molecular weight is 373 g/mol. The Bertz CT molecular complexity index is 804. The summed E-state index contributed by atoms with van der Waals surface area (Å²) >= 11 is 0. The first-order valence-electron chi connectivity index (χ1n) is 9.56. The standard InChI is InChI=1S/C21H27NO5/c1-3-4-8-17-19(15-7-5-6-9-16(15)27-17)20(24)22-21(12-13-26-14-21)11-10-18(23)25-2/h5-7,9H,3-4,8,10-14H2,1-2H3,(H,22,24). The predicted octanol–water partition coefficient (Wildman–Crippen LogP) is 3.62. The SMILES string of the molecule is CCCCc1oc2ccccc2c1C(=O)NC1(CCC(=O)OC)CCOC1. The fourth-order valence-corrected chi connectivity index (χ4v) is 3.57. The molecule has 1 saturated heterocycles. The molecule has 0 saturated carbocycles. The minimum Gasteiger partial charge on any atom is -0.469 e. The van der Waals surface area contributed by atoms with Crippen molar-refractivity contribution in [3.8, 4) is 0 Å². The van der Waals surface area contributed by atoms with Gasteiger partial charge in [-0.2, -0.15) is 0 Å². The number of ether oxygens (including phenoxy) is 2. The second-order valence-corrected chi connectivity index (χ2v) is 7.11. The summed E-state index contributed by atoms with van der Waals surface area (Å²) in [7, 11) is 1.37. The van der Waals surface area contributed by atoms with Crippen LogP contribution in [0.15, 0.2) is 28.7 Å². The molecular weight excluding hydrogens is 346 g/mol. The van der Waals surface area contributed by atoms with Crippen LogP contribution in [0.25, 0.3) is 11.0 Å². The normalized spacial score (nSPS) is 19.3. The van der Waals surface area contributed by atoms with Crippen LogP contribution in [0.3, 0.4) is 0 Å². The summed E-state index contributed by atoms with van der Waals surface area (Å²) in [6, 6.07) is 7.60. The van der Waals surface area contributed by atoms with Crippen molar-refractivity contribution in [1.29, 1.82) is 0 Å². The van der Waals surface area contributed by atoms with Crippen molar-refractivity contribution in [1.82, 2.24) is 5.32 Å². The Kier molecular flexibility index (Phi) is 6.16. The van der Waals surface area contributed by atoms with E-state index >= 15 is 0 Å². The van der Waals surface area contributed by atoms with Gasteiger partial charge in [-0.25, -0.2) is 0 Å². The first-order chi connectivity index (χ1) is 13.1. The van der Waals surface area contributed by atoms with E-state index in [2.05, 4.69) is 12.2 Å². The number of para-hydroxylation sites is 1. The number of hydrogen-bond donors (Lipinski definition) is 1. The van der Waals surface area contributed by atoms with Crippen LogP contribution in [0.2, 0.25) is 0 Å². The Morgan fingerprint density at radius 1 is 1.30 bits per heavy atom. The number of benzene rings is 1. The third-order valence-electron chi connectivity index (χ3n) is 5.17. The maximum atomic E-state index is 13.2. The van der Waals surface area contributed by atoms with Gasteiger partial charge in [-0.15, -0.1) is 0 Å². The summed E-state index contributed by atoms with van der Waals surface area (Å²) in [5, 5.41) is 3.97. The first kappa shape index (κ1) is 19.4. The van der Waals surface area contributed by atoms with E-state index in [1.54, 1.807) is 0 Å². The van der Waals surface area contributed by atoms with E-state index in [1.165, 1.54) is 7.11 Å². The van der Waals surface area contributed by atoms with Gasteiger partial charge in [-0.1, -0.05) is 31.5 Å². The van der Waals surface area contributed by atoms with E-state index in [9.17, 15) is 9.59 Å². The molecule has 1 amide bonds. The Balaban J connectivity index is 1.86. The number of nitrogens with one attached hydrogen (secondary N) is 1. The fraction of sp³-hybridized carbons (Fsp3) is 0.524. The molecule has 0 radical (unpaired) electrons. The summed E-state index contributed by atoms with van der Waals surface area (Å²) in [5.74, 6) is 0.270. The number of rotatable bonds is 8. The zero-order valence-electron chi connectivity index (χ0n) is 16.0. The lowest BCUT2D eigenvalue weighted by molar-refractivity contribution is -0.141. The summed E-state index contributed by atoms with van der Waals surface area (Å²) in [5.41, 5.74) is 0.773. The van der Waals surface area contributed by atoms with Gasteiger partial charge >= 0.3 is 5.97 Å². The highest BCUT2D eigenvalue weighted by Crippen LogP contribution is 2.30. The molecule has 146 valence electrons. The van der Waals surface area contributed by atoms with Gasteiger partial charge in [0, 0.05) is 24.8 Å². The molecule has 1 aromatic heterocycles. The highest BCUT2D eigenvalue weighted by Gasteiger charge is 2.38. The van der Waals surface area contributed by atoms with Crippen LogP contribution < -0.4 is 5.32 Å². The Labute approximate surface area is 159 Å². The van der Waals surface area contributed by atoms with E-state index in [0.717, 1.165) is 36.0 Å². The monoisotopic (exact) mass is 373 g/mol. The molecule has 27 heavy (non-hydrogen) atoms. The second-order valence-electron chi connectivity index (χ2n) is 7.11. The highest BCUT2D eigenvalue weighted by atomic mass is 16.5. The van der Waals surface area contributed by atoms with Gasteiger partial charge in [0.1, 0.15) is 11.3 Å². The number of amides is 1. The molecule has 6 nitrogen and oxygen atoms in total. The summed E-state index contributed by atoms with van der Waals surface area (Å²) in [4.78, 5) is 24.8. The van der Waals surface area contributed by atoms with E-state index in [1.807, 2.05) is 24.3 Å². The molecule has 1 aromatic carbocycles. The molecule has 0 aliphatic carbocycles. The molecule has 1 N–H and O–H groups in total. The zero-order valence-corrected chi connectivity index (χ0v) is 16.0. The van der Waals surface area contributed by atoms with Crippen LogP contribution >= 0.6 is 0 Å². The highest BCUT2D eigenvalue weighted by molar-refractivity contribution is 6.07. The second kappa shape index (κ2) is 8.57. The van der Waals surface area contributed by atoms with Crippen molar-refractivity contribution in [3.05, 3.63) is 35.6 Å². The Morgan fingerprint density at radius 2 is 2.11 bits per heavy atom. The third-order valence-corrected chi connectivity index (χ3v) is 5.17. The van der Waals surface area contributed by atoms with Crippen molar-refractivity contribution < 1.29 is 23.5 Å². The van der Waals surface area contributed by atoms with Crippen molar-refractivity contribution in [2.45, 2.75) is 51.0 Å². The van der Waals surface area contributed by atoms with Crippen molar-refractivity contribution >= 4 is 22.8 Å². The van der Waals surface area contributed by atoms with Crippen LogP contribution in [-0.2, 0) is 20.7 Å². The fourth-order valence-electron chi connectivity index (χ4n) is 3.57. The molecule has 1 aliphatic rings. The lowest BCUT2D eigenvalue weighted by Gasteiger charge is -2.28. The minimum absolute atomic E-state index is 0.165. The number of methoxy groups -OCH3 is 1. The molecule has 6 heteroatoms. The quantitative estimate of drug-likeness (QED) is 0.715. The first-order valence-corrected chi connectivity index (χ1v) is 9.56. The molecular formula is C21H27NO5. The summed E-state index contributed by atoms with van der Waals surface area (Å²) in [6.45, 7) is 3.08. The number of furan rings is 1. The van der Waals surface area contributed by atoms with Gasteiger partial charge in [-0.3, -0.25) is 9.59 Å². The number of carbonyl (C=O) groups excluding carboxylic acids is 2. The topological polar surface area (TPSA) is 77.8 Å². The molecule has 0 spiro atoms. The summed E-state index contributed by atoms with van der Waals surface area (Å²) < 4.78 is 16.3. The lowest BCUT2D eigenvalue weighted by Crippen LogP contribution is -2.49. The maximum Gasteiger partial charge on any atom is 0.305 e. The van der Waals surface area contributed by atoms with Gasteiger partial charge in [0.2, 0.25) is 0 Å². The maximum absolute atomic E-state index is 13.2. The van der Waals surface area contributed by atoms with Gasteiger partial charge in [0.05, 0.1) is 24.8 Å². The Hall–Kier alpha value is -2.34. The van der Waals surface area contributed by atoms with Crippen LogP contribution in [-0.4, -0.2) is 37.7 Å². The lowest BCUT2D eigenvalue weighted by atomic mass is 9.91. The van der Waals surface area contributed by atoms with Crippen LogP contribution in [0.5, 0.6) is 0 Å². The van der Waals surface area contributed by atoms with Crippen molar-refractivity contribution in [2.24, 2.45) is 0 Å². The van der Waals surface area contributed by atoms with Crippen molar-refractivity contribution in [3.63, 3.8) is 0 Å². The molecule has 0 bridgehead atoms. The largest absolute Gasteiger partial charge is 0.469 e. The van der Waals surface area contributed by atoms with Crippen LogP contribution in [0.4, 0.5) is 0 Å². The molecule has 1 fully saturated rings. The van der Waals surface area contributed by atoms with Gasteiger partial charge in [0.25, 0.3) is 5.91 Å². The molecule has 2 aromatic rings. The number of fused-ring (bicyclic) bond motifs is 1. The molecule has 1 unspecified atom stereocenters. The smallest absolute Gasteiger partial charge is 0.305 e. The predicted molar refractivity (Wildman–Crippen MR) is 102 cm³/mol. The molecule has 1 aliphatic heterocycles. The summed E-state index contributed by atoms with van der Waals surface area (Å²) in [6.07, 6.45) is 4.11. The van der Waals surface area contributed by atoms with Crippen LogP contribution in [0, 0.1) is 0 Å². The molecule has 2 heterocycles. The van der Waals surface area contributed by atoms with Crippen molar-refractivity contribution in [2.75, 3.05) is 20.3 Å². The Morgan fingerprint density at radius 3 is 2.81 bits per heavy atom.